The number of hydrogen-bond donors (Lipinski definition) is 2. The van der Waals surface area contributed by atoms with E-state index >= 15 is 0 Å². The molecule has 1 atom stereocenters. The summed E-state index contributed by atoms with van der Waals surface area (Å²) in [6.45, 7) is 7.92. The molecule has 0 aliphatic rings. The molecule has 0 bridgehead atoms. The van der Waals surface area contributed by atoms with E-state index in [0.717, 1.165) is 30.6 Å². The molecule has 1 aromatic carbocycles. The third-order valence-corrected chi connectivity index (χ3v) is 5.06. The maximum Gasteiger partial charge on any atom is 0.319 e. The van der Waals surface area contributed by atoms with E-state index in [0.29, 0.717) is 11.8 Å². The van der Waals surface area contributed by atoms with Gasteiger partial charge in [0.1, 0.15) is 0 Å². The highest BCUT2D eigenvalue weighted by Gasteiger charge is 2.07. The molecule has 0 fully saturated rings. The van der Waals surface area contributed by atoms with Crippen LogP contribution in [0, 0.1) is 6.92 Å². The summed E-state index contributed by atoms with van der Waals surface area (Å²) in [6.07, 6.45) is 7.47. The number of thioether (sulfide) groups is 1. The number of rotatable bonds is 8. The number of carbonyl (C=O) groups excluding carboxylic acids is 1. The first kappa shape index (κ1) is 18.4. The average Bonchev–Trinajstić information content (AvgIpc) is 3.07. The van der Waals surface area contributed by atoms with Gasteiger partial charge in [-0.25, -0.2) is 9.78 Å². The number of anilines is 1. The number of aryl methyl sites for hydroxylation is 2. The molecule has 2 amide bonds. The van der Waals surface area contributed by atoms with Crippen molar-refractivity contribution in [1.29, 1.82) is 0 Å². The lowest BCUT2D eigenvalue weighted by molar-refractivity contribution is 0.252. The van der Waals surface area contributed by atoms with Crippen molar-refractivity contribution in [1.82, 2.24) is 14.9 Å². The van der Waals surface area contributed by atoms with Crippen LogP contribution in [0.1, 0.15) is 32.3 Å². The summed E-state index contributed by atoms with van der Waals surface area (Å²) in [5.74, 6) is 0. The van der Waals surface area contributed by atoms with Crippen molar-refractivity contribution in [2.24, 2.45) is 0 Å². The Labute approximate surface area is 148 Å². The Bertz CT molecular complexity index is 642. The highest BCUT2D eigenvalue weighted by molar-refractivity contribution is 7.99. The predicted molar refractivity (Wildman–Crippen MR) is 101 cm³/mol. The van der Waals surface area contributed by atoms with Gasteiger partial charge in [-0.1, -0.05) is 13.8 Å². The fraction of sp³-hybridized carbons (Fsp3) is 0.444. The Hall–Kier alpha value is -1.95. The topological polar surface area (TPSA) is 59.0 Å². The quantitative estimate of drug-likeness (QED) is 0.553. The zero-order chi connectivity index (χ0) is 17.4. The SMILES string of the molecule is CCC(C)Sc1ccc(NC(=O)NCCCn2ccnc2)c(C)c1. The number of imidazole rings is 1. The summed E-state index contributed by atoms with van der Waals surface area (Å²) in [5, 5.41) is 6.41. The first-order valence-corrected chi connectivity index (χ1v) is 9.24. The van der Waals surface area contributed by atoms with Gasteiger partial charge in [-0.2, -0.15) is 0 Å². The van der Waals surface area contributed by atoms with E-state index in [9.17, 15) is 4.79 Å². The number of nitrogens with zero attached hydrogens (tertiary/aromatic N) is 2. The van der Waals surface area contributed by atoms with Gasteiger partial charge in [0.2, 0.25) is 0 Å². The second-order valence-electron chi connectivity index (χ2n) is 5.85. The molecular weight excluding hydrogens is 320 g/mol. The van der Waals surface area contributed by atoms with Crippen LogP contribution in [-0.2, 0) is 6.54 Å². The van der Waals surface area contributed by atoms with Crippen molar-refractivity contribution >= 4 is 23.5 Å². The van der Waals surface area contributed by atoms with Gasteiger partial charge >= 0.3 is 6.03 Å². The number of nitrogens with one attached hydrogen (secondary N) is 2. The lowest BCUT2D eigenvalue weighted by Crippen LogP contribution is -2.30. The van der Waals surface area contributed by atoms with Gasteiger partial charge < -0.3 is 15.2 Å². The van der Waals surface area contributed by atoms with Crippen molar-refractivity contribution in [3.63, 3.8) is 0 Å². The van der Waals surface area contributed by atoms with Crippen LogP contribution >= 0.6 is 11.8 Å². The van der Waals surface area contributed by atoms with Crippen molar-refractivity contribution in [3.8, 4) is 0 Å². The maximum absolute atomic E-state index is 12.0. The number of amides is 2. The molecule has 5 nitrogen and oxygen atoms in total. The zero-order valence-corrected chi connectivity index (χ0v) is 15.4. The van der Waals surface area contributed by atoms with E-state index < -0.39 is 0 Å². The molecule has 2 rings (SSSR count). The van der Waals surface area contributed by atoms with Crippen LogP contribution in [0.5, 0.6) is 0 Å². The molecule has 0 radical (unpaired) electrons. The number of carbonyl (C=O) groups is 1. The van der Waals surface area contributed by atoms with Gasteiger partial charge in [-0.3, -0.25) is 0 Å². The molecule has 0 aliphatic heterocycles. The lowest BCUT2D eigenvalue weighted by atomic mass is 10.2. The smallest absolute Gasteiger partial charge is 0.319 e. The Morgan fingerprint density at radius 1 is 1.42 bits per heavy atom. The number of benzene rings is 1. The first-order chi connectivity index (χ1) is 11.6. The van der Waals surface area contributed by atoms with Crippen LogP contribution in [0.25, 0.3) is 0 Å². The molecule has 2 aromatic rings. The van der Waals surface area contributed by atoms with Gasteiger partial charge in [0.05, 0.1) is 6.33 Å². The standard InChI is InChI=1S/C18H26N4OS/c1-4-15(3)24-16-6-7-17(14(2)12-16)21-18(23)20-8-5-10-22-11-9-19-13-22/h6-7,9,11-13,15H,4-5,8,10H2,1-3H3,(H2,20,21,23). The largest absolute Gasteiger partial charge is 0.338 e. The second-order valence-corrected chi connectivity index (χ2v) is 7.36. The minimum absolute atomic E-state index is 0.161. The van der Waals surface area contributed by atoms with Crippen LogP contribution in [0.3, 0.4) is 0 Å². The van der Waals surface area contributed by atoms with Crippen molar-refractivity contribution in [3.05, 3.63) is 42.5 Å². The van der Waals surface area contributed by atoms with E-state index in [1.54, 1.807) is 12.5 Å². The highest BCUT2D eigenvalue weighted by atomic mass is 32.2. The predicted octanol–water partition coefficient (Wildman–Crippen LogP) is 4.29. The van der Waals surface area contributed by atoms with Crippen LogP contribution < -0.4 is 10.6 Å². The van der Waals surface area contributed by atoms with Crippen LogP contribution in [-0.4, -0.2) is 27.4 Å². The summed E-state index contributed by atoms with van der Waals surface area (Å²) in [4.78, 5) is 17.2. The molecule has 24 heavy (non-hydrogen) atoms. The summed E-state index contributed by atoms with van der Waals surface area (Å²) in [5.41, 5.74) is 1.94. The number of aromatic nitrogens is 2. The highest BCUT2D eigenvalue weighted by Crippen LogP contribution is 2.28. The van der Waals surface area contributed by atoms with Crippen molar-refractivity contribution < 1.29 is 4.79 Å². The molecule has 0 aliphatic carbocycles. The summed E-state index contributed by atoms with van der Waals surface area (Å²) >= 11 is 1.87. The van der Waals surface area contributed by atoms with Gasteiger partial charge in [-0.15, -0.1) is 11.8 Å². The Balaban J connectivity index is 1.76. The first-order valence-electron chi connectivity index (χ1n) is 8.36. The molecule has 1 heterocycles. The Morgan fingerprint density at radius 3 is 2.92 bits per heavy atom. The monoisotopic (exact) mass is 346 g/mol. The molecule has 130 valence electrons. The van der Waals surface area contributed by atoms with Crippen molar-refractivity contribution in [2.75, 3.05) is 11.9 Å². The zero-order valence-electron chi connectivity index (χ0n) is 14.6. The normalized spacial score (nSPS) is 12.0. The van der Waals surface area contributed by atoms with Gasteiger partial charge in [0.25, 0.3) is 0 Å². The Morgan fingerprint density at radius 2 is 2.25 bits per heavy atom. The summed E-state index contributed by atoms with van der Waals surface area (Å²) < 4.78 is 2.00. The summed E-state index contributed by atoms with van der Waals surface area (Å²) in [6, 6.07) is 6.01. The molecule has 0 saturated carbocycles. The van der Waals surface area contributed by atoms with Crippen molar-refractivity contribution in [2.45, 2.75) is 50.3 Å². The van der Waals surface area contributed by atoms with Crippen LogP contribution in [0.2, 0.25) is 0 Å². The number of hydrogen-bond acceptors (Lipinski definition) is 3. The van der Waals surface area contributed by atoms with E-state index in [4.69, 9.17) is 0 Å². The van der Waals surface area contributed by atoms with Gasteiger partial charge in [0.15, 0.2) is 0 Å². The maximum atomic E-state index is 12.0. The van der Waals surface area contributed by atoms with E-state index in [1.165, 1.54) is 4.90 Å². The fourth-order valence-electron chi connectivity index (χ4n) is 2.21. The van der Waals surface area contributed by atoms with Crippen LogP contribution in [0.15, 0.2) is 41.8 Å². The Kier molecular flexibility index (Phi) is 7.18. The average molecular weight is 346 g/mol. The van der Waals surface area contributed by atoms with Gasteiger partial charge in [-0.05, 0) is 43.5 Å². The molecule has 1 aromatic heterocycles. The third-order valence-electron chi connectivity index (χ3n) is 3.80. The van der Waals surface area contributed by atoms with Crippen LogP contribution in [0.4, 0.5) is 10.5 Å². The molecule has 2 N–H and O–H groups in total. The molecule has 0 spiro atoms. The van der Waals surface area contributed by atoms with Gasteiger partial charge in [0, 0.05) is 41.3 Å². The minimum atomic E-state index is -0.161. The molecule has 6 heteroatoms. The molecular formula is C18H26N4OS. The summed E-state index contributed by atoms with van der Waals surface area (Å²) in [7, 11) is 0. The molecule has 0 saturated heterocycles. The minimum Gasteiger partial charge on any atom is -0.338 e. The van der Waals surface area contributed by atoms with E-state index in [1.807, 2.05) is 35.5 Å². The molecule has 1 unspecified atom stereocenters. The fourth-order valence-corrected chi connectivity index (χ4v) is 3.24. The second kappa shape index (κ2) is 9.37. The van der Waals surface area contributed by atoms with E-state index in [-0.39, 0.29) is 6.03 Å². The number of urea groups is 1. The third kappa shape index (κ3) is 5.92. The lowest BCUT2D eigenvalue weighted by Gasteiger charge is -2.13. The van der Waals surface area contributed by atoms with E-state index in [2.05, 4.69) is 41.6 Å².